The number of ketones is 1. The lowest BCUT2D eigenvalue weighted by molar-refractivity contribution is -0.112. The highest BCUT2D eigenvalue weighted by Gasteiger charge is 2.20. The van der Waals surface area contributed by atoms with E-state index in [4.69, 9.17) is 4.74 Å². The van der Waals surface area contributed by atoms with Crippen molar-refractivity contribution in [2.75, 3.05) is 6.61 Å². The zero-order valence-electron chi connectivity index (χ0n) is 14.0. The van der Waals surface area contributed by atoms with Crippen LogP contribution in [0, 0.1) is 11.3 Å². The SMILES string of the molecule is CC(C)=C(C#N)C(=O)C1=Cc2cc(OCC(F)F)c(Br)cc2CCC1. The summed E-state index contributed by atoms with van der Waals surface area (Å²) in [6.45, 7) is 2.77. The number of fused-ring (bicyclic) bond motifs is 1. The molecule has 0 amide bonds. The molecule has 0 spiro atoms. The van der Waals surface area contributed by atoms with Crippen LogP contribution in [0.2, 0.25) is 0 Å². The molecule has 0 aliphatic heterocycles. The molecule has 6 heteroatoms. The van der Waals surface area contributed by atoms with Crippen molar-refractivity contribution in [3.63, 3.8) is 0 Å². The highest BCUT2D eigenvalue weighted by Crippen LogP contribution is 2.34. The van der Waals surface area contributed by atoms with Gasteiger partial charge in [-0.2, -0.15) is 5.26 Å². The Balaban J connectivity index is 2.42. The van der Waals surface area contributed by atoms with Gasteiger partial charge < -0.3 is 4.74 Å². The zero-order chi connectivity index (χ0) is 18.6. The van der Waals surface area contributed by atoms with E-state index in [0.29, 0.717) is 27.8 Å². The topological polar surface area (TPSA) is 50.1 Å². The van der Waals surface area contributed by atoms with Crippen molar-refractivity contribution < 1.29 is 18.3 Å². The minimum Gasteiger partial charge on any atom is -0.486 e. The summed E-state index contributed by atoms with van der Waals surface area (Å²) < 4.78 is 30.5. The van der Waals surface area contributed by atoms with E-state index in [1.54, 1.807) is 26.0 Å². The third kappa shape index (κ3) is 4.76. The van der Waals surface area contributed by atoms with Crippen LogP contribution in [0.4, 0.5) is 8.78 Å². The van der Waals surface area contributed by atoms with E-state index in [9.17, 15) is 18.8 Å². The number of allylic oxidation sites excluding steroid dienone is 3. The second-order valence-electron chi connectivity index (χ2n) is 6.02. The van der Waals surface area contributed by atoms with Crippen molar-refractivity contribution in [3.8, 4) is 11.8 Å². The fourth-order valence-corrected chi connectivity index (χ4v) is 3.19. The van der Waals surface area contributed by atoms with Gasteiger partial charge in [-0.1, -0.05) is 5.57 Å². The highest BCUT2D eigenvalue weighted by atomic mass is 79.9. The molecule has 0 bridgehead atoms. The molecule has 0 atom stereocenters. The van der Waals surface area contributed by atoms with Crippen molar-refractivity contribution in [1.82, 2.24) is 0 Å². The monoisotopic (exact) mass is 409 g/mol. The number of hydrogen-bond acceptors (Lipinski definition) is 3. The summed E-state index contributed by atoms with van der Waals surface area (Å²) in [4.78, 5) is 12.6. The van der Waals surface area contributed by atoms with Crippen LogP contribution >= 0.6 is 15.9 Å². The number of carbonyl (C=O) groups excluding carboxylic acids is 1. The average molecular weight is 410 g/mol. The Morgan fingerprint density at radius 2 is 2.08 bits per heavy atom. The van der Waals surface area contributed by atoms with Crippen molar-refractivity contribution in [1.29, 1.82) is 5.26 Å². The number of nitriles is 1. The minimum absolute atomic E-state index is 0.154. The molecule has 2 rings (SSSR count). The summed E-state index contributed by atoms with van der Waals surface area (Å²) in [5.41, 5.74) is 3.16. The number of ether oxygens (including phenoxy) is 1. The largest absolute Gasteiger partial charge is 0.486 e. The van der Waals surface area contributed by atoms with Crippen LogP contribution in [0.15, 0.2) is 33.3 Å². The normalized spacial score (nSPS) is 13.4. The van der Waals surface area contributed by atoms with E-state index in [0.717, 1.165) is 24.0 Å². The molecular weight excluding hydrogens is 392 g/mol. The van der Waals surface area contributed by atoms with Crippen LogP contribution in [0.25, 0.3) is 6.08 Å². The molecule has 1 aromatic rings. The fourth-order valence-electron chi connectivity index (χ4n) is 2.68. The summed E-state index contributed by atoms with van der Waals surface area (Å²) in [5.74, 6) is 0.0417. The Morgan fingerprint density at radius 1 is 1.36 bits per heavy atom. The first-order chi connectivity index (χ1) is 11.8. The van der Waals surface area contributed by atoms with Gasteiger partial charge >= 0.3 is 0 Å². The van der Waals surface area contributed by atoms with Crippen LogP contribution < -0.4 is 4.74 Å². The number of Topliss-reactive ketones (excluding diaryl/α,β-unsaturated/α-hetero) is 1. The van der Waals surface area contributed by atoms with Gasteiger partial charge in [0.25, 0.3) is 6.43 Å². The van der Waals surface area contributed by atoms with E-state index >= 15 is 0 Å². The summed E-state index contributed by atoms with van der Waals surface area (Å²) in [6, 6.07) is 5.47. The summed E-state index contributed by atoms with van der Waals surface area (Å²) in [5, 5.41) is 9.21. The van der Waals surface area contributed by atoms with Gasteiger partial charge in [-0.05, 0) is 78.4 Å². The maximum absolute atomic E-state index is 12.6. The molecule has 25 heavy (non-hydrogen) atoms. The second kappa shape index (κ2) is 8.39. The molecule has 3 nitrogen and oxygen atoms in total. The number of alkyl halides is 2. The predicted molar refractivity (Wildman–Crippen MR) is 95.6 cm³/mol. The second-order valence-corrected chi connectivity index (χ2v) is 6.88. The van der Waals surface area contributed by atoms with Gasteiger partial charge in [0.05, 0.1) is 10.0 Å². The van der Waals surface area contributed by atoms with Crippen molar-refractivity contribution >= 4 is 27.8 Å². The van der Waals surface area contributed by atoms with Crippen molar-refractivity contribution in [3.05, 3.63) is 44.5 Å². The Bertz CT molecular complexity index is 787. The molecule has 0 radical (unpaired) electrons. The number of nitrogens with zero attached hydrogens (tertiary/aromatic N) is 1. The van der Waals surface area contributed by atoms with E-state index < -0.39 is 13.0 Å². The first-order valence-corrected chi connectivity index (χ1v) is 8.69. The van der Waals surface area contributed by atoms with Gasteiger partial charge in [0.1, 0.15) is 18.4 Å². The quantitative estimate of drug-likeness (QED) is 0.493. The summed E-state index contributed by atoms with van der Waals surface area (Å²) >= 11 is 3.34. The first-order valence-electron chi connectivity index (χ1n) is 7.89. The third-order valence-corrected chi connectivity index (χ3v) is 4.53. The summed E-state index contributed by atoms with van der Waals surface area (Å²) in [6.07, 6.45) is 1.28. The van der Waals surface area contributed by atoms with Crippen LogP contribution in [0.5, 0.6) is 5.75 Å². The number of hydrogen-bond donors (Lipinski definition) is 0. The fraction of sp³-hybridized carbons (Fsp3) is 0.368. The highest BCUT2D eigenvalue weighted by molar-refractivity contribution is 9.10. The Labute approximate surface area is 154 Å². The van der Waals surface area contributed by atoms with Gasteiger partial charge in [-0.15, -0.1) is 0 Å². The van der Waals surface area contributed by atoms with Gasteiger partial charge in [-0.25, -0.2) is 8.78 Å². The minimum atomic E-state index is -2.56. The average Bonchev–Trinajstić information content (AvgIpc) is 2.74. The first kappa shape index (κ1) is 19.3. The van der Waals surface area contributed by atoms with E-state index in [-0.39, 0.29) is 11.4 Å². The molecule has 0 N–H and O–H groups in total. The zero-order valence-corrected chi connectivity index (χ0v) is 15.6. The number of rotatable bonds is 5. The smallest absolute Gasteiger partial charge is 0.272 e. The summed E-state index contributed by atoms with van der Waals surface area (Å²) in [7, 11) is 0. The van der Waals surface area contributed by atoms with Crippen molar-refractivity contribution in [2.45, 2.75) is 39.5 Å². The third-order valence-electron chi connectivity index (χ3n) is 3.91. The Morgan fingerprint density at radius 3 is 2.68 bits per heavy atom. The molecule has 0 saturated heterocycles. The molecule has 1 aromatic carbocycles. The molecule has 0 aromatic heterocycles. The Hall–Kier alpha value is -2.00. The molecule has 1 aliphatic carbocycles. The van der Waals surface area contributed by atoms with E-state index in [2.05, 4.69) is 15.9 Å². The molecule has 132 valence electrons. The number of aryl methyl sites for hydroxylation is 1. The lowest BCUT2D eigenvalue weighted by Gasteiger charge is -2.12. The van der Waals surface area contributed by atoms with Gasteiger partial charge in [0.2, 0.25) is 0 Å². The number of benzene rings is 1. The maximum atomic E-state index is 12.6. The molecule has 1 aliphatic rings. The Kier molecular flexibility index (Phi) is 6.49. The molecule has 0 heterocycles. The number of halogens is 3. The van der Waals surface area contributed by atoms with E-state index in [1.165, 1.54) is 0 Å². The van der Waals surface area contributed by atoms with Gasteiger partial charge in [-0.3, -0.25) is 4.79 Å². The molecular formula is C19H18BrF2NO2. The standard InChI is InChI=1S/C19H18BrF2NO2/c1-11(2)15(9-23)19(24)13-5-3-4-12-7-16(20)17(8-14(12)6-13)25-10-18(21)22/h6-8,18H,3-5,10H2,1-2H3. The lowest BCUT2D eigenvalue weighted by atomic mass is 9.97. The van der Waals surface area contributed by atoms with Crippen LogP contribution in [0.3, 0.4) is 0 Å². The molecule has 0 fully saturated rings. The van der Waals surface area contributed by atoms with Crippen LogP contribution in [0.1, 0.15) is 37.8 Å². The molecule has 0 saturated carbocycles. The van der Waals surface area contributed by atoms with Crippen LogP contribution in [-0.2, 0) is 11.2 Å². The van der Waals surface area contributed by atoms with Gasteiger partial charge in [0.15, 0.2) is 5.78 Å². The van der Waals surface area contributed by atoms with Crippen LogP contribution in [-0.4, -0.2) is 18.8 Å². The van der Waals surface area contributed by atoms with Gasteiger partial charge in [0, 0.05) is 5.57 Å². The number of carbonyl (C=O) groups is 1. The molecule has 0 unspecified atom stereocenters. The lowest BCUT2D eigenvalue weighted by Crippen LogP contribution is -2.08. The maximum Gasteiger partial charge on any atom is 0.272 e. The van der Waals surface area contributed by atoms with Crippen molar-refractivity contribution in [2.24, 2.45) is 0 Å². The predicted octanol–water partition coefficient (Wildman–Crippen LogP) is 5.24. The van der Waals surface area contributed by atoms with E-state index in [1.807, 2.05) is 12.1 Å².